The van der Waals surface area contributed by atoms with Crippen LogP contribution in [-0.4, -0.2) is 24.6 Å². The van der Waals surface area contributed by atoms with Gasteiger partial charge in [-0.15, -0.1) is 0 Å². The van der Waals surface area contributed by atoms with Crippen LogP contribution >= 0.6 is 23.2 Å². The fraction of sp³-hybridized carbons (Fsp3) is 0.385. The Morgan fingerprint density at radius 3 is 2.60 bits per heavy atom. The molecule has 0 unspecified atom stereocenters. The van der Waals surface area contributed by atoms with Crippen LogP contribution in [-0.2, 0) is 4.79 Å². The number of hydrogen-bond donors (Lipinski definition) is 2. The molecule has 0 aromatic heterocycles. The summed E-state index contributed by atoms with van der Waals surface area (Å²) in [7, 11) is 0. The first-order valence-electron chi connectivity index (χ1n) is 6.10. The van der Waals surface area contributed by atoms with E-state index in [1.54, 1.807) is 12.1 Å². The molecule has 1 aromatic rings. The maximum atomic E-state index is 11.5. The van der Waals surface area contributed by atoms with E-state index in [9.17, 15) is 9.59 Å². The number of halogens is 2. The van der Waals surface area contributed by atoms with Crippen molar-refractivity contribution in [2.24, 2.45) is 0 Å². The molecule has 0 fully saturated rings. The molecule has 0 spiro atoms. The zero-order valence-corrected chi connectivity index (χ0v) is 12.7. The Morgan fingerprint density at radius 2 is 2.00 bits per heavy atom. The van der Waals surface area contributed by atoms with Gasteiger partial charge < -0.3 is 10.1 Å². The Kier molecular flexibility index (Phi) is 6.61. The zero-order chi connectivity index (χ0) is 15.1. The van der Waals surface area contributed by atoms with Crippen LogP contribution in [0.5, 0.6) is 5.75 Å². The standard InChI is InChI=1S/C13H16Cl2N2O3/c1-3-8(2)16-13(19)17-12(18)7-20-9-4-5-10(14)11(15)6-9/h4-6,8H,3,7H2,1-2H3,(H2,16,17,18,19)/t8-/m1/s1. The highest BCUT2D eigenvalue weighted by Crippen LogP contribution is 2.26. The van der Waals surface area contributed by atoms with Gasteiger partial charge in [0.2, 0.25) is 0 Å². The molecule has 3 amide bonds. The van der Waals surface area contributed by atoms with Crippen LogP contribution in [0.15, 0.2) is 18.2 Å². The van der Waals surface area contributed by atoms with Crippen molar-refractivity contribution in [3.05, 3.63) is 28.2 Å². The minimum absolute atomic E-state index is 0.00112. The normalized spacial score (nSPS) is 11.6. The van der Waals surface area contributed by atoms with Gasteiger partial charge in [0.1, 0.15) is 5.75 Å². The van der Waals surface area contributed by atoms with E-state index in [-0.39, 0.29) is 12.6 Å². The average Bonchev–Trinajstić information content (AvgIpc) is 2.39. The van der Waals surface area contributed by atoms with E-state index in [0.717, 1.165) is 6.42 Å². The van der Waals surface area contributed by atoms with E-state index in [1.807, 2.05) is 13.8 Å². The van der Waals surface area contributed by atoms with Crippen LogP contribution < -0.4 is 15.4 Å². The minimum Gasteiger partial charge on any atom is -0.484 e. The third-order valence-electron chi connectivity index (χ3n) is 2.50. The summed E-state index contributed by atoms with van der Waals surface area (Å²) in [6, 6.07) is 4.10. The first-order chi connectivity index (χ1) is 9.42. The molecular formula is C13H16Cl2N2O3. The largest absolute Gasteiger partial charge is 0.484 e. The van der Waals surface area contributed by atoms with E-state index >= 15 is 0 Å². The molecule has 0 aliphatic rings. The van der Waals surface area contributed by atoms with Gasteiger partial charge >= 0.3 is 6.03 Å². The number of benzene rings is 1. The Labute approximate surface area is 127 Å². The number of rotatable bonds is 5. The molecule has 0 heterocycles. The Bertz CT molecular complexity index is 495. The van der Waals surface area contributed by atoms with Crippen molar-refractivity contribution >= 4 is 35.1 Å². The summed E-state index contributed by atoms with van der Waals surface area (Å²) in [6.45, 7) is 3.49. The quantitative estimate of drug-likeness (QED) is 0.877. The maximum Gasteiger partial charge on any atom is 0.321 e. The fourth-order valence-corrected chi connectivity index (χ4v) is 1.53. The first-order valence-corrected chi connectivity index (χ1v) is 6.86. The molecule has 0 bridgehead atoms. The van der Waals surface area contributed by atoms with E-state index in [0.29, 0.717) is 15.8 Å². The highest BCUT2D eigenvalue weighted by Gasteiger charge is 2.10. The number of nitrogens with one attached hydrogen (secondary N) is 2. The van der Waals surface area contributed by atoms with Crippen LogP contribution in [0.2, 0.25) is 10.0 Å². The second-order valence-corrected chi connectivity index (χ2v) is 5.01. The third kappa shape index (κ3) is 5.67. The van der Waals surface area contributed by atoms with Gasteiger partial charge in [-0.1, -0.05) is 30.1 Å². The van der Waals surface area contributed by atoms with Gasteiger partial charge in [-0.25, -0.2) is 4.79 Å². The second kappa shape index (κ2) is 7.97. The molecule has 0 saturated carbocycles. The maximum absolute atomic E-state index is 11.5. The van der Waals surface area contributed by atoms with Crippen molar-refractivity contribution in [3.8, 4) is 5.75 Å². The van der Waals surface area contributed by atoms with Crippen LogP contribution in [0.3, 0.4) is 0 Å². The molecule has 0 aliphatic carbocycles. The van der Waals surface area contributed by atoms with Gasteiger partial charge in [-0.05, 0) is 25.5 Å². The number of carbonyl (C=O) groups is 2. The van der Waals surface area contributed by atoms with Crippen molar-refractivity contribution in [2.45, 2.75) is 26.3 Å². The summed E-state index contributed by atoms with van der Waals surface area (Å²) in [5.41, 5.74) is 0. The van der Waals surface area contributed by atoms with Crippen molar-refractivity contribution in [1.29, 1.82) is 0 Å². The Hall–Kier alpha value is -1.46. The molecule has 110 valence electrons. The van der Waals surface area contributed by atoms with E-state index in [4.69, 9.17) is 27.9 Å². The van der Waals surface area contributed by atoms with E-state index in [2.05, 4.69) is 10.6 Å². The molecule has 20 heavy (non-hydrogen) atoms. The molecule has 5 nitrogen and oxygen atoms in total. The summed E-state index contributed by atoms with van der Waals surface area (Å²) in [5, 5.41) is 5.51. The number of imide groups is 1. The summed E-state index contributed by atoms with van der Waals surface area (Å²) in [6.07, 6.45) is 0.779. The number of amides is 3. The molecule has 1 atom stereocenters. The van der Waals surface area contributed by atoms with Gasteiger partial charge in [-0.2, -0.15) is 0 Å². The smallest absolute Gasteiger partial charge is 0.321 e. The molecule has 0 aliphatic heterocycles. The van der Waals surface area contributed by atoms with Crippen molar-refractivity contribution in [3.63, 3.8) is 0 Å². The van der Waals surface area contributed by atoms with Gasteiger partial charge in [0.25, 0.3) is 5.91 Å². The van der Waals surface area contributed by atoms with Crippen molar-refractivity contribution in [1.82, 2.24) is 10.6 Å². The monoisotopic (exact) mass is 318 g/mol. The SMILES string of the molecule is CC[C@@H](C)NC(=O)NC(=O)COc1ccc(Cl)c(Cl)c1. The van der Waals surface area contributed by atoms with Gasteiger partial charge in [0.05, 0.1) is 10.0 Å². The molecule has 7 heteroatoms. The van der Waals surface area contributed by atoms with Crippen LogP contribution in [0, 0.1) is 0 Å². The van der Waals surface area contributed by atoms with Crippen molar-refractivity contribution in [2.75, 3.05) is 6.61 Å². The highest BCUT2D eigenvalue weighted by atomic mass is 35.5. The summed E-state index contributed by atoms with van der Waals surface area (Å²) in [5.74, 6) is -0.145. The molecule has 0 radical (unpaired) electrons. The van der Waals surface area contributed by atoms with Gasteiger partial charge in [0, 0.05) is 12.1 Å². The van der Waals surface area contributed by atoms with Crippen molar-refractivity contribution < 1.29 is 14.3 Å². The van der Waals surface area contributed by atoms with Gasteiger partial charge in [-0.3, -0.25) is 10.1 Å². The average molecular weight is 319 g/mol. The number of ether oxygens (including phenoxy) is 1. The second-order valence-electron chi connectivity index (χ2n) is 4.20. The molecule has 1 aromatic carbocycles. The lowest BCUT2D eigenvalue weighted by molar-refractivity contribution is -0.122. The first kappa shape index (κ1) is 16.6. The van der Waals surface area contributed by atoms with Crippen LogP contribution in [0.1, 0.15) is 20.3 Å². The molecule has 2 N–H and O–H groups in total. The predicted molar refractivity (Wildman–Crippen MR) is 78.4 cm³/mol. The molecular weight excluding hydrogens is 303 g/mol. The fourth-order valence-electron chi connectivity index (χ4n) is 1.24. The van der Waals surface area contributed by atoms with Crippen LogP contribution in [0.25, 0.3) is 0 Å². The molecule has 1 rings (SSSR count). The lowest BCUT2D eigenvalue weighted by atomic mass is 10.3. The number of carbonyl (C=O) groups excluding carboxylic acids is 2. The summed E-state index contributed by atoms with van der Waals surface area (Å²) in [4.78, 5) is 22.9. The highest BCUT2D eigenvalue weighted by molar-refractivity contribution is 6.42. The van der Waals surface area contributed by atoms with Crippen LogP contribution in [0.4, 0.5) is 4.79 Å². The van der Waals surface area contributed by atoms with E-state index < -0.39 is 11.9 Å². The van der Waals surface area contributed by atoms with Gasteiger partial charge in [0.15, 0.2) is 6.61 Å². The van der Waals surface area contributed by atoms with E-state index in [1.165, 1.54) is 6.07 Å². The number of urea groups is 1. The summed E-state index contributed by atoms with van der Waals surface area (Å²) >= 11 is 11.6. The Morgan fingerprint density at radius 1 is 1.30 bits per heavy atom. The lowest BCUT2D eigenvalue weighted by Gasteiger charge is -2.12. The zero-order valence-electron chi connectivity index (χ0n) is 11.2. The number of hydrogen-bond acceptors (Lipinski definition) is 3. The lowest BCUT2D eigenvalue weighted by Crippen LogP contribution is -2.44. The topological polar surface area (TPSA) is 67.4 Å². The minimum atomic E-state index is -0.545. The Balaban J connectivity index is 2.39. The predicted octanol–water partition coefficient (Wildman–Crippen LogP) is 3.00. The summed E-state index contributed by atoms with van der Waals surface area (Å²) < 4.78 is 5.20. The molecule has 0 saturated heterocycles. The third-order valence-corrected chi connectivity index (χ3v) is 3.24.